The Bertz CT molecular complexity index is 353. The summed E-state index contributed by atoms with van der Waals surface area (Å²) in [5, 5.41) is 9.80. The number of hydrogen-bond donors (Lipinski definition) is 2. The molecule has 0 heterocycles. The van der Waals surface area contributed by atoms with Gasteiger partial charge in [-0.05, 0) is 30.5 Å². The van der Waals surface area contributed by atoms with Crippen LogP contribution in [-0.2, 0) is 6.54 Å². The highest BCUT2D eigenvalue weighted by atomic mass is 16.5. The van der Waals surface area contributed by atoms with Gasteiger partial charge < -0.3 is 9.84 Å². The van der Waals surface area contributed by atoms with Crippen molar-refractivity contribution in [3.05, 3.63) is 29.8 Å². The molecule has 0 spiro atoms. The molecular weight excluding hydrogens is 228 g/mol. The topological polar surface area (TPSA) is 55.6 Å². The normalized spacial score (nSPS) is 23.9. The van der Waals surface area contributed by atoms with Crippen LogP contribution in [0.3, 0.4) is 0 Å². The number of aliphatic hydroxyl groups excluding tert-OH is 1. The van der Waals surface area contributed by atoms with E-state index in [1.54, 1.807) is 7.11 Å². The highest BCUT2D eigenvalue weighted by Crippen LogP contribution is 2.18. The zero-order valence-electron chi connectivity index (χ0n) is 10.8. The molecule has 1 fully saturated rings. The molecule has 1 saturated carbocycles. The first kappa shape index (κ1) is 13.3. The van der Waals surface area contributed by atoms with Crippen LogP contribution >= 0.6 is 0 Å². The summed E-state index contributed by atoms with van der Waals surface area (Å²) in [6.07, 6.45) is 3.94. The first-order valence-electron chi connectivity index (χ1n) is 6.52. The summed E-state index contributed by atoms with van der Waals surface area (Å²) >= 11 is 0. The molecule has 0 amide bonds. The molecule has 0 saturated heterocycles. The molecule has 2 atom stereocenters. The molecule has 0 aliphatic heterocycles. The molecule has 18 heavy (non-hydrogen) atoms. The summed E-state index contributed by atoms with van der Waals surface area (Å²) in [5.74, 6) is 0.856. The van der Waals surface area contributed by atoms with E-state index in [1.807, 2.05) is 24.3 Å². The van der Waals surface area contributed by atoms with E-state index in [2.05, 4.69) is 10.9 Å². The lowest BCUT2D eigenvalue weighted by Gasteiger charge is -2.27. The lowest BCUT2D eigenvalue weighted by Crippen LogP contribution is -2.45. The van der Waals surface area contributed by atoms with E-state index in [1.165, 1.54) is 6.42 Å². The van der Waals surface area contributed by atoms with Gasteiger partial charge in [-0.3, -0.25) is 0 Å². The van der Waals surface area contributed by atoms with Gasteiger partial charge in [0.15, 0.2) is 0 Å². The summed E-state index contributed by atoms with van der Waals surface area (Å²) in [6.45, 7) is 0.618. The van der Waals surface area contributed by atoms with Crippen molar-refractivity contribution in [3.63, 3.8) is 0 Å². The number of nitrogens with zero attached hydrogens (tertiary/aromatic N) is 1. The number of hydrogen-bond acceptors (Lipinski definition) is 3. The average Bonchev–Trinajstić information content (AvgIpc) is 2.42. The maximum atomic E-state index is 9.80. The SMILES string of the molecule is COc1ccc(C[N]N[C@@H]2CCCC[C@H]2O)cc1. The van der Waals surface area contributed by atoms with Gasteiger partial charge in [0.2, 0.25) is 0 Å². The van der Waals surface area contributed by atoms with Crippen molar-refractivity contribution in [2.45, 2.75) is 44.4 Å². The molecule has 2 N–H and O–H groups in total. The van der Waals surface area contributed by atoms with Crippen LogP contribution in [0.2, 0.25) is 0 Å². The number of methoxy groups -OCH3 is 1. The fourth-order valence-electron chi connectivity index (χ4n) is 2.25. The van der Waals surface area contributed by atoms with Crippen molar-refractivity contribution < 1.29 is 9.84 Å². The van der Waals surface area contributed by atoms with E-state index in [0.29, 0.717) is 6.54 Å². The molecule has 1 aliphatic rings. The highest BCUT2D eigenvalue weighted by Gasteiger charge is 2.22. The van der Waals surface area contributed by atoms with Gasteiger partial charge in [-0.1, -0.05) is 25.0 Å². The Morgan fingerprint density at radius 2 is 2.00 bits per heavy atom. The van der Waals surface area contributed by atoms with E-state index in [4.69, 9.17) is 4.74 Å². The standard InChI is InChI=1S/C14H21N2O2/c1-18-12-8-6-11(7-9-12)10-15-16-13-4-2-3-5-14(13)17/h6-9,13-14,16-17H,2-5,10H2,1H3/t13-,14-/m1/s1. The molecular formula is C14H21N2O2. The number of aliphatic hydroxyl groups is 1. The number of rotatable bonds is 5. The minimum Gasteiger partial charge on any atom is -0.497 e. The number of nitrogens with one attached hydrogen (secondary N) is 1. The van der Waals surface area contributed by atoms with Gasteiger partial charge in [-0.2, -0.15) is 5.43 Å². The summed E-state index contributed by atoms with van der Waals surface area (Å²) in [6, 6.07) is 7.99. The largest absolute Gasteiger partial charge is 0.497 e. The summed E-state index contributed by atoms with van der Waals surface area (Å²) in [7, 11) is 1.66. The van der Waals surface area contributed by atoms with Crippen LogP contribution in [0, 0.1) is 0 Å². The number of benzene rings is 1. The second-order valence-corrected chi connectivity index (χ2v) is 4.75. The maximum Gasteiger partial charge on any atom is 0.118 e. The zero-order valence-corrected chi connectivity index (χ0v) is 10.8. The Kier molecular flexibility index (Phi) is 4.99. The third-order valence-electron chi connectivity index (χ3n) is 3.41. The first-order valence-corrected chi connectivity index (χ1v) is 6.52. The van der Waals surface area contributed by atoms with E-state index in [9.17, 15) is 5.11 Å². The van der Waals surface area contributed by atoms with Gasteiger partial charge in [-0.15, -0.1) is 0 Å². The van der Waals surface area contributed by atoms with Gasteiger partial charge >= 0.3 is 0 Å². The number of ether oxygens (including phenoxy) is 1. The molecule has 1 aromatic rings. The zero-order chi connectivity index (χ0) is 12.8. The van der Waals surface area contributed by atoms with Crippen LogP contribution in [0.4, 0.5) is 0 Å². The van der Waals surface area contributed by atoms with Crippen LogP contribution < -0.4 is 15.6 Å². The Balaban J connectivity index is 1.73. The average molecular weight is 249 g/mol. The van der Waals surface area contributed by atoms with Crippen molar-refractivity contribution in [1.82, 2.24) is 10.9 Å². The van der Waals surface area contributed by atoms with E-state index >= 15 is 0 Å². The van der Waals surface area contributed by atoms with Gasteiger partial charge in [0.25, 0.3) is 0 Å². The van der Waals surface area contributed by atoms with Gasteiger partial charge in [-0.25, -0.2) is 5.43 Å². The van der Waals surface area contributed by atoms with Crippen molar-refractivity contribution in [3.8, 4) is 5.75 Å². The predicted molar refractivity (Wildman–Crippen MR) is 70.2 cm³/mol. The second-order valence-electron chi connectivity index (χ2n) is 4.75. The molecule has 1 aromatic carbocycles. The van der Waals surface area contributed by atoms with E-state index in [0.717, 1.165) is 30.6 Å². The fourth-order valence-corrected chi connectivity index (χ4v) is 2.25. The highest BCUT2D eigenvalue weighted by molar-refractivity contribution is 5.26. The molecule has 0 bridgehead atoms. The lowest BCUT2D eigenvalue weighted by molar-refractivity contribution is 0.0824. The molecule has 0 unspecified atom stereocenters. The molecule has 4 heteroatoms. The van der Waals surface area contributed by atoms with Gasteiger partial charge in [0, 0.05) is 6.04 Å². The summed E-state index contributed by atoms with van der Waals surface area (Å²) in [4.78, 5) is 0. The minimum absolute atomic E-state index is 0.122. The van der Waals surface area contributed by atoms with E-state index in [-0.39, 0.29) is 12.1 Å². The second kappa shape index (κ2) is 6.73. The Morgan fingerprint density at radius 3 is 2.67 bits per heavy atom. The lowest BCUT2D eigenvalue weighted by atomic mass is 9.93. The van der Waals surface area contributed by atoms with Gasteiger partial charge in [0.1, 0.15) is 5.75 Å². The molecule has 1 radical (unpaired) electrons. The predicted octanol–water partition coefficient (Wildman–Crippen LogP) is 1.61. The molecule has 99 valence electrons. The fraction of sp³-hybridized carbons (Fsp3) is 0.571. The smallest absolute Gasteiger partial charge is 0.118 e. The van der Waals surface area contributed by atoms with Crippen LogP contribution in [-0.4, -0.2) is 24.4 Å². The van der Waals surface area contributed by atoms with Crippen LogP contribution in [0.15, 0.2) is 24.3 Å². The van der Waals surface area contributed by atoms with Crippen molar-refractivity contribution in [1.29, 1.82) is 0 Å². The van der Waals surface area contributed by atoms with Crippen molar-refractivity contribution >= 4 is 0 Å². The molecule has 4 nitrogen and oxygen atoms in total. The van der Waals surface area contributed by atoms with Crippen molar-refractivity contribution in [2.75, 3.05) is 7.11 Å². The van der Waals surface area contributed by atoms with Crippen LogP contribution in [0.25, 0.3) is 0 Å². The minimum atomic E-state index is -0.252. The monoisotopic (exact) mass is 249 g/mol. The summed E-state index contributed by atoms with van der Waals surface area (Å²) in [5.41, 5.74) is 8.55. The first-order chi connectivity index (χ1) is 8.79. The molecule has 0 aromatic heterocycles. The van der Waals surface area contributed by atoms with Crippen LogP contribution in [0.5, 0.6) is 5.75 Å². The van der Waals surface area contributed by atoms with Gasteiger partial charge in [0.05, 0.1) is 19.8 Å². The Morgan fingerprint density at radius 1 is 1.28 bits per heavy atom. The van der Waals surface area contributed by atoms with E-state index < -0.39 is 0 Å². The quantitative estimate of drug-likeness (QED) is 0.779. The molecule has 2 rings (SSSR count). The Labute approximate surface area is 108 Å². The molecule has 1 aliphatic carbocycles. The Hall–Kier alpha value is -1.10. The third-order valence-corrected chi connectivity index (χ3v) is 3.41. The van der Waals surface area contributed by atoms with Crippen molar-refractivity contribution in [2.24, 2.45) is 0 Å². The summed E-state index contributed by atoms with van der Waals surface area (Å²) < 4.78 is 5.10. The van der Waals surface area contributed by atoms with Crippen LogP contribution in [0.1, 0.15) is 31.2 Å². The maximum absolute atomic E-state index is 9.80. The third kappa shape index (κ3) is 3.70.